The van der Waals surface area contributed by atoms with Gasteiger partial charge in [0.15, 0.2) is 0 Å². The van der Waals surface area contributed by atoms with Gasteiger partial charge in [-0.05, 0) is 57.2 Å². The average Bonchev–Trinajstić information content (AvgIpc) is 2.38. The summed E-state index contributed by atoms with van der Waals surface area (Å²) < 4.78 is 5.84. The predicted molar refractivity (Wildman–Crippen MR) is 87.6 cm³/mol. The molecule has 2 N–H and O–H groups in total. The summed E-state index contributed by atoms with van der Waals surface area (Å²) in [6.45, 7) is 6.19. The monoisotopic (exact) mass is 297 g/mol. The van der Waals surface area contributed by atoms with Crippen molar-refractivity contribution in [3.8, 4) is 5.75 Å². The molecular weight excluding hydrogens is 270 g/mol. The van der Waals surface area contributed by atoms with E-state index in [-0.39, 0.29) is 24.0 Å². The smallest absolute Gasteiger partial charge is 0.120 e. The van der Waals surface area contributed by atoms with Gasteiger partial charge in [0, 0.05) is 6.04 Å². The quantitative estimate of drug-likeness (QED) is 0.864. The highest BCUT2D eigenvalue weighted by Gasteiger charge is 2.22. The Morgan fingerprint density at radius 1 is 1.05 bits per heavy atom. The standard InChI is InChI=1S/C17H27NO.ClH/c1-17(2,3)19-15-11-9-14(10-12-15)16(18)13-7-5-4-6-8-13;/h9-13,16H,4-8,18H2,1-3H3;1H/t16-;/m1./s1. The molecule has 0 heterocycles. The second-order valence-corrected chi connectivity index (χ2v) is 6.71. The van der Waals surface area contributed by atoms with Crippen LogP contribution in [0, 0.1) is 5.92 Å². The van der Waals surface area contributed by atoms with Crippen molar-refractivity contribution in [2.24, 2.45) is 11.7 Å². The maximum absolute atomic E-state index is 6.41. The summed E-state index contributed by atoms with van der Waals surface area (Å²) in [5.74, 6) is 1.58. The third-order valence-electron chi connectivity index (χ3n) is 3.85. The van der Waals surface area contributed by atoms with Crippen LogP contribution >= 0.6 is 12.4 Å². The first-order valence-corrected chi connectivity index (χ1v) is 7.50. The lowest BCUT2D eigenvalue weighted by Crippen LogP contribution is -2.24. The first-order chi connectivity index (χ1) is 8.96. The molecule has 1 aromatic rings. The molecule has 1 atom stereocenters. The number of nitrogens with two attached hydrogens (primary N) is 1. The van der Waals surface area contributed by atoms with Crippen molar-refractivity contribution in [3.05, 3.63) is 29.8 Å². The second kappa shape index (κ2) is 7.33. The number of hydrogen-bond acceptors (Lipinski definition) is 2. The van der Waals surface area contributed by atoms with E-state index in [0.29, 0.717) is 5.92 Å². The van der Waals surface area contributed by atoms with Crippen molar-refractivity contribution >= 4 is 12.4 Å². The number of benzene rings is 1. The molecule has 0 bridgehead atoms. The van der Waals surface area contributed by atoms with E-state index in [0.717, 1.165) is 5.75 Å². The summed E-state index contributed by atoms with van der Waals surface area (Å²) >= 11 is 0. The minimum atomic E-state index is -0.146. The summed E-state index contributed by atoms with van der Waals surface area (Å²) in [6, 6.07) is 8.52. The van der Waals surface area contributed by atoms with Crippen LogP contribution in [-0.2, 0) is 0 Å². The predicted octanol–water partition coefficient (Wildman–Crippen LogP) is 4.87. The Hall–Kier alpha value is -0.730. The fourth-order valence-electron chi connectivity index (χ4n) is 2.88. The highest BCUT2D eigenvalue weighted by molar-refractivity contribution is 5.85. The van der Waals surface area contributed by atoms with Gasteiger partial charge >= 0.3 is 0 Å². The van der Waals surface area contributed by atoms with Gasteiger partial charge in [0.25, 0.3) is 0 Å². The minimum absolute atomic E-state index is 0. The zero-order valence-electron chi connectivity index (χ0n) is 12.9. The fraction of sp³-hybridized carbons (Fsp3) is 0.647. The zero-order valence-corrected chi connectivity index (χ0v) is 13.7. The van der Waals surface area contributed by atoms with Gasteiger partial charge in [-0.3, -0.25) is 0 Å². The summed E-state index contributed by atoms with van der Waals surface area (Å²) in [7, 11) is 0. The van der Waals surface area contributed by atoms with Crippen LogP contribution in [0.3, 0.4) is 0 Å². The molecule has 2 rings (SSSR count). The van der Waals surface area contributed by atoms with Crippen LogP contribution < -0.4 is 10.5 Å². The van der Waals surface area contributed by atoms with E-state index in [2.05, 4.69) is 32.9 Å². The minimum Gasteiger partial charge on any atom is -0.488 e. The number of hydrogen-bond donors (Lipinski definition) is 1. The maximum Gasteiger partial charge on any atom is 0.120 e. The number of rotatable bonds is 3. The SMILES string of the molecule is CC(C)(C)Oc1ccc([C@H](N)C2CCCCC2)cc1.Cl. The Labute approximate surface area is 129 Å². The van der Waals surface area contributed by atoms with Crippen molar-refractivity contribution < 1.29 is 4.74 Å². The Kier molecular flexibility index (Phi) is 6.35. The third-order valence-corrected chi connectivity index (χ3v) is 3.85. The third kappa shape index (κ3) is 4.99. The first-order valence-electron chi connectivity index (χ1n) is 7.50. The van der Waals surface area contributed by atoms with E-state index >= 15 is 0 Å². The van der Waals surface area contributed by atoms with Crippen molar-refractivity contribution in [2.75, 3.05) is 0 Å². The van der Waals surface area contributed by atoms with Crippen LogP contribution in [-0.4, -0.2) is 5.60 Å². The molecule has 1 aliphatic rings. The zero-order chi connectivity index (χ0) is 13.9. The average molecular weight is 298 g/mol. The molecule has 0 amide bonds. The van der Waals surface area contributed by atoms with E-state index in [1.807, 2.05) is 12.1 Å². The molecule has 1 saturated carbocycles. The van der Waals surface area contributed by atoms with Gasteiger partial charge < -0.3 is 10.5 Å². The second-order valence-electron chi connectivity index (χ2n) is 6.71. The van der Waals surface area contributed by atoms with Gasteiger partial charge in [-0.2, -0.15) is 0 Å². The fourth-order valence-corrected chi connectivity index (χ4v) is 2.88. The molecule has 0 unspecified atom stereocenters. The van der Waals surface area contributed by atoms with Gasteiger partial charge in [-0.15, -0.1) is 12.4 Å². The lowest BCUT2D eigenvalue weighted by Gasteiger charge is -2.28. The van der Waals surface area contributed by atoms with Crippen LogP contribution in [0.5, 0.6) is 5.75 Å². The van der Waals surface area contributed by atoms with Crippen LogP contribution in [0.2, 0.25) is 0 Å². The molecule has 0 radical (unpaired) electrons. The normalized spacial score (nSPS) is 18.2. The molecule has 1 aromatic carbocycles. The summed E-state index contributed by atoms with van der Waals surface area (Å²) in [6.07, 6.45) is 6.61. The van der Waals surface area contributed by atoms with Crippen molar-refractivity contribution in [1.82, 2.24) is 0 Å². The highest BCUT2D eigenvalue weighted by Crippen LogP contribution is 2.33. The van der Waals surface area contributed by atoms with Gasteiger partial charge in [-0.25, -0.2) is 0 Å². The molecule has 0 saturated heterocycles. The van der Waals surface area contributed by atoms with Gasteiger partial charge in [0.1, 0.15) is 11.4 Å². The molecule has 1 aliphatic carbocycles. The molecule has 20 heavy (non-hydrogen) atoms. The first kappa shape index (κ1) is 17.3. The summed E-state index contributed by atoms with van der Waals surface area (Å²) in [4.78, 5) is 0. The van der Waals surface area contributed by atoms with E-state index < -0.39 is 0 Å². The van der Waals surface area contributed by atoms with Crippen LogP contribution in [0.1, 0.15) is 64.5 Å². The molecule has 3 heteroatoms. The Bertz CT molecular complexity index is 390. The molecule has 1 fully saturated rings. The largest absolute Gasteiger partial charge is 0.488 e. The lowest BCUT2D eigenvalue weighted by molar-refractivity contribution is 0.131. The van der Waals surface area contributed by atoms with Crippen molar-refractivity contribution in [1.29, 1.82) is 0 Å². The van der Waals surface area contributed by atoms with Gasteiger partial charge in [-0.1, -0.05) is 31.4 Å². The molecule has 0 aliphatic heterocycles. The Morgan fingerprint density at radius 2 is 1.60 bits per heavy atom. The summed E-state index contributed by atoms with van der Waals surface area (Å²) in [5, 5.41) is 0. The molecule has 2 nitrogen and oxygen atoms in total. The van der Waals surface area contributed by atoms with Crippen molar-refractivity contribution in [2.45, 2.75) is 64.5 Å². The van der Waals surface area contributed by atoms with Gasteiger partial charge in [0.05, 0.1) is 0 Å². The van der Waals surface area contributed by atoms with E-state index in [4.69, 9.17) is 10.5 Å². The van der Waals surface area contributed by atoms with E-state index in [9.17, 15) is 0 Å². The lowest BCUT2D eigenvalue weighted by atomic mass is 9.81. The number of ether oxygens (including phenoxy) is 1. The summed E-state index contributed by atoms with van der Waals surface area (Å²) in [5.41, 5.74) is 7.50. The maximum atomic E-state index is 6.41. The van der Waals surface area contributed by atoms with E-state index in [1.165, 1.54) is 37.7 Å². The molecule has 0 spiro atoms. The van der Waals surface area contributed by atoms with Crippen LogP contribution in [0.25, 0.3) is 0 Å². The Balaban J connectivity index is 0.00000200. The Morgan fingerprint density at radius 3 is 2.10 bits per heavy atom. The van der Waals surface area contributed by atoms with Crippen molar-refractivity contribution in [3.63, 3.8) is 0 Å². The highest BCUT2D eigenvalue weighted by atomic mass is 35.5. The number of halogens is 1. The molecular formula is C17H28ClNO. The van der Waals surface area contributed by atoms with Crippen LogP contribution in [0.4, 0.5) is 0 Å². The van der Waals surface area contributed by atoms with Crippen LogP contribution in [0.15, 0.2) is 24.3 Å². The molecule has 114 valence electrons. The molecule has 0 aromatic heterocycles. The van der Waals surface area contributed by atoms with E-state index in [1.54, 1.807) is 0 Å². The van der Waals surface area contributed by atoms with Gasteiger partial charge in [0.2, 0.25) is 0 Å². The topological polar surface area (TPSA) is 35.2 Å².